The quantitative estimate of drug-likeness (QED) is 0.720. The predicted molar refractivity (Wildman–Crippen MR) is 57.0 cm³/mol. The molecule has 0 aromatic heterocycles. The number of nitrogens with two attached hydrogens (primary N) is 1. The van der Waals surface area contributed by atoms with Gasteiger partial charge in [0.25, 0.3) is 0 Å². The van der Waals surface area contributed by atoms with Crippen LogP contribution in [0, 0.1) is 0 Å². The smallest absolute Gasteiger partial charge is 0.377 e. The Kier molecular flexibility index (Phi) is 4.53. The van der Waals surface area contributed by atoms with Crippen molar-refractivity contribution in [3.05, 3.63) is 0 Å². The van der Waals surface area contributed by atoms with Crippen LogP contribution < -0.4 is 5.73 Å². The molecule has 84 valence electrons. The molecule has 5 heteroatoms. The van der Waals surface area contributed by atoms with Crippen LogP contribution in [0.4, 0.5) is 0 Å². The highest BCUT2D eigenvalue weighted by atomic mass is 28.4. The lowest BCUT2D eigenvalue weighted by atomic mass is 10.1. The van der Waals surface area contributed by atoms with Crippen molar-refractivity contribution in [2.45, 2.75) is 44.4 Å². The summed E-state index contributed by atoms with van der Waals surface area (Å²) in [7, 11) is 0.972. The Morgan fingerprint density at radius 2 is 2.14 bits per heavy atom. The largest absolute Gasteiger partial charge is 0.500 e. The van der Waals surface area contributed by atoms with Gasteiger partial charge in [0.15, 0.2) is 0 Å². The fourth-order valence-corrected chi connectivity index (χ4v) is 4.09. The minimum Gasteiger partial charge on any atom is -0.377 e. The summed E-state index contributed by atoms with van der Waals surface area (Å²) in [5, 5.41) is 0. The molecule has 1 saturated heterocycles. The zero-order chi connectivity index (χ0) is 10.6. The van der Waals surface area contributed by atoms with Crippen LogP contribution in [0.3, 0.4) is 0 Å². The van der Waals surface area contributed by atoms with Gasteiger partial charge in [-0.1, -0.05) is 6.92 Å². The maximum Gasteiger partial charge on any atom is 0.500 e. The maximum absolute atomic E-state index is 5.96. The van der Waals surface area contributed by atoms with Crippen LogP contribution >= 0.6 is 0 Å². The summed E-state index contributed by atoms with van der Waals surface area (Å²) in [5.41, 5.74) is 5.96. The monoisotopic (exact) mass is 219 g/mol. The molecule has 2 unspecified atom stereocenters. The molecular weight excluding hydrogens is 198 g/mol. The minimum atomic E-state index is -2.35. The molecule has 14 heavy (non-hydrogen) atoms. The summed E-state index contributed by atoms with van der Waals surface area (Å²) in [5.74, 6) is 0. The molecule has 0 amide bonds. The van der Waals surface area contributed by atoms with E-state index >= 15 is 0 Å². The third-order valence-electron chi connectivity index (χ3n) is 2.87. The molecule has 4 nitrogen and oxygen atoms in total. The number of rotatable bonds is 4. The lowest BCUT2D eigenvalue weighted by Gasteiger charge is -2.37. The second-order valence-electron chi connectivity index (χ2n) is 3.71. The summed E-state index contributed by atoms with van der Waals surface area (Å²) in [6.45, 7) is 2.07. The first-order valence-electron chi connectivity index (χ1n) is 5.21. The summed E-state index contributed by atoms with van der Waals surface area (Å²) < 4.78 is 16.7. The molecule has 0 aliphatic carbocycles. The fourth-order valence-electron chi connectivity index (χ4n) is 1.82. The molecule has 0 radical (unpaired) electrons. The molecule has 0 saturated carbocycles. The first-order chi connectivity index (χ1) is 6.67. The van der Waals surface area contributed by atoms with Crippen molar-refractivity contribution < 1.29 is 13.3 Å². The van der Waals surface area contributed by atoms with Crippen molar-refractivity contribution in [1.82, 2.24) is 0 Å². The van der Waals surface area contributed by atoms with Gasteiger partial charge in [0.05, 0.1) is 6.10 Å². The summed E-state index contributed by atoms with van der Waals surface area (Å²) in [6, 6.07) is 1.01. The molecule has 0 spiro atoms. The van der Waals surface area contributed by atoms with Crippen LogP contribution in [0.1, 0.15) is 26.2 Å². The molecule has 2 N–H and O–H groups in total. The Balaban J connectivity index is 2.58. The lowest BCUT2D eigenvalue weighted by molar-refractivity contribution is 0.0213. The fraction of sp³-hybridized carbons (Fsp3) is 1.00. The Hall–Kier alpha value is 0.0569. The van der Waals surface area contributed by atoms with Gasteiger partial charge in [0.2, 0.25) is 0 Å². The van der Waals surface area contributed by atoms with E-state index in [1.54, 1.807) is 14.2 Å². The van der Waals surface area contributed by atoms with Crippen molar-refractivity contribution >= 4 is 8.80 Å². The van der Waals surface area contributed by atoms with E-state index in [2.05, 4.69) is 6.92 Å². The van der Waals surface area contributed by atoms with Gasteiger partial charge in [-0.25, -0.2) is 0 Å². The van der Waals surface area contributed by atoms with Gasteiger partial charge in [-0.3, -0.25) is 0 Å². The number of hydrogen-bond acceptors (Lipinski definition) is 4. The molecule has 1 aliphatic heterocycles. The van der Waals surface area contributed by atoms with E-state index < -0.39 is 8.80 Å². The van der Waals surface area contributed by atoms with Gasteiger partial charge in [0, 0.05) is 26.3 Å². The van der Waals surface area contributed by atoms with Crippen molar-refractivity contribution in [2.24, 2.45) is 5.73 Å². The second-order valence-corrected chi connectivity index (χ2v) is 6.63. The van der Waals surface area contributed by atoms with Crippen molar-refractivity contribution in [3.8, 4) is 0 Å². The lowest BCUT2D eigenvalue weighted by Crippen LogP contribution is -2.53. The van der Waals surface area contributed by atoms with Crippen molar-refractivity contribution in [2.75, 3.05) is 14.2 Å². The topological polar surface area (TPSA) is 53.7 Å². The predicted octanol–water partition coefficient (Wildman–Crippen LogP) is 1.13. The molecule has 0 aromatic carbocycles. The van der Waals surface area contributed by atoms with Crippen molar-refractivity contribution in [1.29, 1.82) is 0 Å². The Morgan fingerprint density at radius 1 is 1.50 bits per heavy atom. The highest BCUT2D eigenvalue weighted by molar-refractivity contribution is 6.60. The van der Waals surface area contributed by atoms with Gasteiger partial charge in [-0.2, -0.15) is 0 Å². The van der Waals surface area contributed by atoms with E-state index in [0.29, 0.717) is 0 Å². The molecule has 0 bridgehead atoms. The van der Waals surface area contributed by atoms with Gasteiger partial charge < -0.3 is 19.0 Å². The van der Waals surface area contributed by atoms with Gasteiger partial charge in [-0.05, 0) is 19.3 Å². The van der Waals surface area contributed by atoms with Crippen LogP contribution in [0.25, 0.3) is 0 Å². The van der Waals surface area contributed by atoms with E-state index in [0.717, 1.165) is 25.3 Å². The number of hydrogen-bond donors (Lipinski definition) is 1. The van der Waals surface area contributed by atoms with Gasteiger partial charge in [0.1, 0.15) is 0 Å². The summed E-state index contributed by atoms with van der Waals surface area (Å²) in [4.78, 5) is 0. The molecule has 1 rings (SSSR count). The third-order valence-corrected chi connectivity index (χ3v) is 5.75. The molecular formula is C9H21NO3Si. The van der Waals surface area contributed by atoms with Gasteiger partial charge >= 0.3 is 8.80 Å². The molecule has 1 heterocycles. The zero-order valence-corrected chi connectivity index (χ0v) is 10.3. The van der Waals surface area contributed by atoms with E-state index in [4.69, 9.17) is 19.0 Å². The second kappa shape index (κ2) is 5.23. The first kappa shape index (κ1) is 12.1. The molecule has 2 atom stereocenters. The van der Waals surface area contributed by atoms with Crippen LogP contribution in [-0.2, 0) is 13.3 Å². The Bertz CT molecular complexity index is 175. The third kappa shape index (κ3) is 2.55. The standard InChI is InChI=1S/C9H21NO3Si/c1-4-8(10)9-6-5-7-14(11-2,12-3)13-9/h8-9H,4-7,10H2,1-3H3. The summed E-state index contributed by atoms with van der Waals surface area (Å²) in [6.07, 6.45) is 3.16. The normalized spacial score (nSPS) is 28.7. The SMILES string of the molecule is CCC(N)C1CCC[Si](OC)(OC)O1. The van der Waals surface area contributed by atoms with Crippen LogP contribution in [0.15, 0.2) is 0 Å². The van der Waals surface area contributed by atoms with E-state index in [-0.39, 0.29) is 12.1 Å². The maximum atomic E-state index is 5.96. The van der Waals surface area contributed by atoms with Crippen molar-refractivity contribution in [3.63, 3.8) is 0 Å². The average Bonchev–Trinajstić information content (AvgIpc) is 2.28. The minimum absolute atomic E-state index is 0.104. The first-order valence-corrected chi connectivity index (χ1v) is 7.14. The average molecular weight is 219 g/mol. The van der Waals surface area contributed by atoms with E-state index in [9.17, 15) is 0 Å². The van der Waals surface area contributed by atoms with Crippen LogP contribution in [-0.4, -0.2) is 35.2 Å². The van der Waals surface area contributed by atoms with E-state index in [1.165, 1.54) is 0 Å². The Labute approximate surface area is 87.1 Å². The Morgan fingerprint density at radius 3 is 2.64 bits per heavy atom. The zero-order valence-electron chi connectivity index (χ0n) is 9.29. The van der Waals surface area contributed by atoms with E-state index in [1.807, 2.05) is 0 Å². The van der Waals surface area contributed by atoms with Gasteiger partial charge in [-0.15, -0.1) is 0 Å². The summed E-state index contributed by atoms with van der Waals surface area (Å²) >= 11 is 0. The molecule has 1 aliphatic rings. The van der Waals surface area contributed by atoms with Crippen LogP contribution in [0.2, 0.25) is 6.04 Å². The highest BCUT2D eigenvalue weighted by Crippen LogP contribution is 2.28. The molecule has 1 fully saturated rings. The highest BCUT2D eigenvalue weighted by Gasteiger charge is 2.45. The van der Waals surface area contributed by atoms with Crippen LogP contribution in [0.5, 0.6) is 0 Å². The molecule has 0 aromatic rings.